The molecule has 1 aliphatic heterocycles. The Morgan fingerprint density at radius 3 is 2.16 bits per heavy atom. The molecule has 2 aromatic heterocycles. The maximum atomic E-state index is 15.4. The number of carbonyl (C=O) groups is 1. The number of aromatic nitrogens is 3. The zero-order chi connectivity index (χ0) is 31.7. The lowest BCUT2D eigenvalue weighted by Crippen LogP contribution is -2.26. The van der Waals surface area contributed by atoms with E-state index in [1.54, 1.807) is 11.0 Å². The van der Waals surface area contributed by atoms with Crippen molar-refractivity contribution in [2.75, 3.05) is 37.5 Å². The standard InChI is InChI=1S/C29H26F5N5O5/c1-37-26(24-20(31)10-18(42-2)11-21(24)32)25(36-27(40)15-4-6-17(7-5-15)44-29(33)34)28(41)39(37)23-13-19(43-3)12-22(35-23)38-9-8-16(30)14-38/h4-7,10-13,16,29H,8-9,14H2,1-3H3,(H,36,40)/t16-/m0/s1. The molecule has 0 bridgehead atoms. The summed E-state index contributed by atoms with van der Waals surface area (Å²) in [6.07, 6.45) is -0.793. The van der Waals surface area contributed by atoms with Crippen LogP contribution in [-0.4, -0.2) is 60.3 Å². The SMILES string of the molecule is COc1cc(N2CC[C@H](F)C2)nc(-n2c(=O)c(NC(=O)c3ccc(OC(F)F)cc3)c(-c3c(F)cc(OC)cc3F)n2C)c1. The van der Waals surface area contributed by atoms with E-state index in [-0.39, 0.29) is 47.3 Å². The van der Waals surface area contributed by atoms with Gasteiger partial charge in [-0.2, -0.15) is 13.5 Å². The molecule has 15 heteroatoms. The van der Waals surface area contributed by atoms with Gasteiger partial charge in [-0.3, -0.25) is 14.3 Å². The van der Waals surface area contributed by atoms with Crippen LogP contribution in [0.1, 0.15) is 16.8 Å². The number of alkyl halides is 3. The lowest BCUT2D eigenvalue weighted by molar-refractivity contribution is -0.0498. The lowest BCUT2D eigenvalue weighted by Gasteiger charge is -2.19. The van der Waals surface area contributed by atoms with Crippen molar-refractivity contribution in [2.45, 2.75) is 19.2 Å². The molecule has 0 spiro atoms. The van der Waals surface area contributed by atoms with Gasteiger partial charge in [-0.25, -0.2) is 18.2 Å². The van der Waals surface area contributed by atoms with E-state index in [9.17, 15) is 22.8 Å². The number of ether oxygens (including phenoxy) is 3. The third-order valence-corrected chi connectivity index (χ3v) is 7.01. The molecule has 10 nitrogen and oxygen atoms in total. The Labute approximate surface area is 247 Å². The highest BCUT2D eigenvalue weighted by atomic mass is 19.3. The summed E-state index contributed by atoms with van der Waals surface area (Å²) < 4.78 is 86.6. The molecule has 3 heterocycles. The molecule has 0 saturated carbocycles. The van der Waals surface area contributed by atoms with E-state index in [0.717, 1.165) is 33.6 Å². The van der Waals surface area contributed by atoms with Crippen molar-refractivity contribution in [2.24, 2.45) is 7.05 Å². The molecule has 1 atom stereocenters. The average Bonchev–Trinajstić information content (AvgIpc) is 3.53. The van der Waals surface area contributed by atoms with Crippen LogP contribution < -0.4 is 30.0 Å². The highest BCUT2D eigenvalue weighted by Crippen LogP contribution is 2.35. The van der Waals surface area contributed by atoms with Crippen molar-refractivity contribution in [3.8, 4) is 34.3 Å². The second-order valence-electron chi connectivity index (χ2n) is 9.74. The van der Waals surface area contributed by atoms with Gasteiger partial charge in [0.25, 0.3) is 11.5 Å². The van der Waals surface area contributed by atoms with Crippen molar-refractivity contribution < 1.29 is 41.0 Å². The van der Waals surface area contributed by atoms with Crippen LogP contribution in [0.15, 0.2) is 53.3 Å². The minimum atomic E-state index is -3.08. The molecule has 1 fully saturated rings. The van der Waals surface area contributed by atoms with Gasteiger partial charge in [0.1, 0.15) is 52.3 Å². The Bertz CT molecular complexity index is 1740. The van der Waals surface area contributed by atoms with E-state index in [4.69, 9.17) is 9.47 Å². The first-order chi connectivity index (χ1) is 21.0. The van der Waals surface area contributed by atoms with Crippen molar-refractivity contribution in [1.82, 2.24) is 14.3 Å². The number of nitrogens with zero attached hydrogens (tertiary/aromatic N) is 4. The second-order valence-corrected chi connectivity index (χ2v) is 9.74. The van der Waals surface area contributed by atoms with E-state index in [1.165, 1.54) is 39.5 Å². The molecular formula is C29H26F5N5O5. The molecule has 4 aromatic rings. The molecule has 0 aliphatic carbocycles. The lowest BCUT2D eigenvalue weighted by atomic mass is 10.1. The summed E-state index contributed by atoms with van der Waals surface area (Å²) in [6.45, 7) is -2.65. The molecule has 1 amide bonds. The van der Waals surface area contributed by atoms with E-state index in [1.807, 2.05) is 0 Å². The molecule has 2 aromatic carbocycles. The normalized spacial score (nSPS) is 14.7. The second kappa shape index (κ2) is 12.3. The first-order valence-electron chi connectivity index (χ1n) is 13.2. The van der Waals surface area contributed by atoms with Crippen LogP contribution >= 0.6 is 0 Å². The number of pyridine rings is 1. The van der Waals surface area contributed by atoms with Crippen molar-refractivity contribution in [3.63, 3.8) is 0 Å². The Kier molecular flexibility index (Phi) is 8.47. The fourth-order valence-electron chi connectivity index (χ4n) is 4.92. The summed E-state index contributed by atoms with van der Waals surface area (Å²) in [5, 5.41) is 2.41. The first-order valence-corrected chi connectivity index (χ1v) is 13.2. The number of benzene rings is 2. The predicted octanol–water partition coefficient (Wildman–Crippen LogP) is 4.94. The summed E-state index contributed by atoms with van der Waals surface area (Å²) in [4.78, 5) is 33.4. The number of hydrogen-bond donors (Lipinski definition) is 1. The van der Waals surface area contributed by atoms with E-state index in [2.05, 4.69) is 15.0 Å². The first kappa shape index (κ1) is 30.4. The van der Waals surface area contributed by atoms with Crippen LogP contribution in [0.2, 0.25) is 0 Å². The molecule has 1 saturated heterocycles. The van der Waals surface area contributed by atoms with Gasteiger partial charge >= 0.3 is 6.61 Å². The maximum Gasteiger partial charge on any atom is 0.387 e. The Morgan fingerprint density at radius 2 is 1.59 bits per heavy atom. The minimum absolute atomic E-state index is 0.0428. The number of anilines is 2. The molecule has 232 valence electrons. The van der Waals surface area contributed by atoms with Gasteiger partial charge in [0, 0.05) is 43.4 Å². The van der Waals surface area contributed by atoms with Crippen LogP contribution in [0.5, 0.6) is 17.2 Å². The van der Waals surface area contributed by atoms with Crippen molar-refractivity contribution in [3.05, 3.63) is 76.1 Å². The zero-order valence-electron chi connectivity index (χ0n) is 23.6. The number of hydrogen-bond acceptors (Lipinski definition) is 7. The van der Waals surface area contributed by atoms with Gasteiger partial charge < -0.3 is 24.4 Å². The predicted molar refractivity (Wildman–Crippen MR) is 150 cm³/mol. The van der Waals surface area contributed by atoms with Gasteiger partial charge in [0.2, 0.25) is 0 Å². The zero-order valence-corrected chi connectivity index (χ0v) is 23.6. The Hall–Kier alpha value is -5.08. The van der Waals surface area contributed by atoms with E-state index in [0.29, 0.717) is 12.4 Å². The summed E-state index contributed by atoms with van der Waals surface area (Å²) >= 11 is 0. The number of methoxy groups -OCH3 is 2. The largest absolute Gasteiger partial charge is 0.497 e. The molecule has 1 aliphatic rings. The monoisotopic (exact) mass is 619 g/mol. The van der Waals surface area contributed by atoms with Crippen LogP contribution in [0, 0.1) is 11.6 Å². The van der Waals surface area contributed by atoms with Gasteiger partial charge in [-0.1, -0.05) is 0 Å². The average molecular weight is 620 g/mol. The minimum Gasteiger partial charge on any atom is -0.497 e. The maximum absolute atomic E-state index is 15.4. The molecule has 44 heavy (non-hydrogen) atoms. The quantitative estimate of drug-likeness (QED) is 0.265. The topological polar surface area (TPSA) is 99.9 Å². The number of carbonyl (C=O) groups excluding carboxylic acids is 1. The van der Waals surface area contributed by atoms with Crippen molar-refractivity contribution >= 4 is 17.4 Å². The third-order valence-electron chi connectivity index (χ3n) is 7.01. The third kappa shape index (κ3) is 5.89. The fourth-order valence-corrected chi connectivity index (χ4v) is 4.92. The summed E-state index contributed by atoms with van der Waals surface area (Å²) in [6, 6.07) is 9.37. The Morgan fingerprint density at radius 1 is 0.977 bits per heavy atom. The fraction of sp³-hybridized carbons (Fsp3) is 0.276. The number of nitrogens with one attached hydrogen (secondary N) is 1. The van der Waals surface area contributed by atoms with Gasteiger partial charge in [0.05, 0.1) is 26.3 Å². The number of rotatable bonds is 9. The highest BCUT2D eigenvalue weighted by Gasteiger charge is 2.29. The number of amides is 1. The van der Waals surface area contributed by atoms with Crippen LogP contribution in [0.25, 0.3) is 17.1 Å². The highest BCUT2D eigenvalue weighted by molar-refractivity contribution is 6.06. The molecular weight excluding hydrogens is 593 g/mol. The van der Waals surface area contributed by atoms with Gasteiger partial charge in [0.15, 0.2) is 5.82 Å². The molecule has 5 rings (SSSR count). The summed E-state index contributed by atoms with van der Waals surface area (Å²) in [5.74, 6) is -2.89. The number of halogens is 5. The van der Waals surface area contributed by atoms with Gasteiger partial charge in [-0.05, 0) is 30.7 Å². The van der Waals surface area contributed by atoms with Crippen LogP contribution in [0.3, 0.4) is 0 Å². The summed E-state index contributed by atoms with van der Waals surface area (Å²) in [5.41, 5.74) is -2.50. The molecule has 1 N–H and O–H groups in total. The van der Waals surface area contributed by atoms with Crippen LogP contribution in [-0.2, 0) is 7.05 Å². The smallest absolute Gasteiger partial charge is 0.387 e. The Balaban J connectivity index is 1.67. The van der Waals surface area contributed by atoms with E-state index >= 15 is 8.78 Å². The van der Waals surface area contributed by atoms with Crippen LogP contribution in [0.4, 0.5) is 33.5 Å². The van der Waals surface area contributed by atoms with Gasteiger partial charge in [-0.15, -0.1) is 0 Å². The van der Waals surface area contributed by atoms with Crippen molar-refractivity contribution in [1.29, 1.82) is 0 Å². The molecule has 0 unspecified atom stereocenters. The summed E-state index contributed by atoms with van der Waals surface area (Å²) in [7, 11) is 3.94. The van der Waals surface area contributed by atoms with E-state index < -0.39 is 47.1 Å². The molecule has 0 radical (unpaired) electrons.